The van der Waals surface area contributed by atoms with Gasteiger partial charge in [0.2, 0.25) is 5.91 Å². The van der Waals surface area contributed by atoms with E-state index in [1.807, 2.05) is 0 Å². The highest BCUT2D eigenvalue weighted by Crippen LogP contribution is 1.93. The van der Waals surface area contributed by atoms with E-state index in [2.05, 4.69) is 5.32 Å². The molecule has 0 aromatic carbocycles. The summed E-state index contributed by atoms with van der Waals surface area (Å²) in [5, 5.41) is 11.9. The molecule has 0 fully saturated rings. The van der Waals surface area contributed by atoms with E-state index in [9.17, 15) is 9.90 Å². The normalized spacial score (nSPS) is 14.9. The second kappa shape index (κ2) is 7.73. The summed E-state index contributed by atoms with van der Waals surface area (Å²) >= 11 is 0. The van der Waals surface area contributed by atoms with Crippen molar-refractivity contribution in [2.75, 3.05) is 26.8 Å². The van der Waals surface area contributed by atoms with Crippen LogP contribution in [0, 0.1) is 5.92 Å². The lowest BCUT2D eigenvalue weighted by molar-refractivity contribution is -0.124. The van der Waals surface area contributed by atoms with Crippen molar-refractivity contribution < 1.29 is 14.6 Å². The van der Waals surface area contributed by atoms with E-state index < -0.39 is 6.10 Å². The Kier molecular flexibility index (Phi) is 7.37. The van der Waals surface area contributed by atoms with E-state index in [0.717, 1.165) is 0 Å². The number of methoxy groups -OCH3 is 1. The average molecular weight is 204 g/mol. The maximum atomic E-state index is 11.2. The second-order valence-corrected chi connectivity index (χ2v) is 3.33. The Balaban J connectivity index is 3.48. The Morgan fingerprint density at radius 2 is 2.29 bits per heavy atom. The van der Waals surface area contributed by atoms with Crippen molar-refractivity contribution in [3.63, 3.8) is 0 Å². The van der Waals surface area contributed by atoms with Gasteiger partial charge in [0.25, 0.3) is 0 Å². The second-order valence-electron chi connectivity index (χ2n) is 3.33. The standard InChI is InChI=1S/C9H20N2O3/c1-7(5-10)9(13)11-4-3-8(12)6-14-2/h7-8,12H,3-6,10H2,1-2H3,(H,11,13). The van der Waals surface area contributed by atoms with Gasteiger partial charge in [0.05, 0.1) is 12.7 Å². The van der Waals surface area contributed by atoms with Gasteiger partial charge in [0, 0.05) is 26.1 Å². The lowest BCUT2D eigenvalue weighted by Gasteiger charge is -2.12. The van der Waals surface area contributed by atoms with Crippen molar-refractivity contribution in [1.82, 2.24) is 5.32 Å². The van der Waals surface area contributed by atoms with E-state index in [1.54, 1.807) is 6.92 Å². The number of aliphatic hydroxyl groups is 1. The van der Waals surface area contributed by atoms with Crippen LogP contribution in [0.5, 0.6) is 0 Å². The van der Waals surface area contributed by atoms with Crippen LogP contribution in [0.25, 0.3) is 0 Å². The fourth-order valence-electron chi connectivity index (χ4n) is 0.919. The maximum Gasteiger partial charge on any atom is 0.224 e. The molecule has 0 radical (unpaired) electrons. The Morgan fingerprint density at radius 1 is 1.64 bits per heavy atom. The number of aliphatic hydroxyl groups excluding tert-OH is 1. The molecule has 84 valence electrons. The number of amides is 1. The van der Waals surface area contributed by atoms with Crippen LogP contribution < -0.4 is 11.1 Å². The molecule has 0 bridgehead atoms. The zero-order valence-corrected chi connectivity index (χ0v) is 8.82. The summed E-state index contributed by atoms with van der Waals surface area (Å²) in [5.41, 5.74) is 5.32. The summed E-state index contributed by atoms with van der Waals surface area (Å²) in [6, 6.07) is 0. The van der Waals surface area contributed by atoms with Gasteiger partial charge in [0.1, 0.15) is 0 Å². The fraction of sp³-hybridized carbons (Fsp3) is 0.889. The molecule has 0 saturated heterocycles. The summed E-state index contributed by atoms with van der Waals surface area (Å²) in [5.74, 6) is -0.244. The van der Waals surface area contributed by atoms with Gasteiger partial charge in [-0.1, -0.05) is 6.92 Å². The van der Waals surface area contributed by atoms with Gasteiger partial charge >= 0.3 is 0 Å². The first-order chi connectivity index (χ1) is 6.61. The van der Waals surface area contributed by atoms with Crippen molar-refractivity contribution >= 4 is 5.91 Å². The number of nitrogens with two attached hydrogens (primary N) is 1. The van der Waals surface area contributed by atoms with Gasteiger partial charge in [-0.3, -0.25) is 4.79 Å². The number of carbonyl (C=O) groups excluding carboxylic acids is 1. The van der Waals surface area contributed by atoms with E-state index in [4.69, 9.17) is 10.5 Å². The van der Waals surface area contributed by atoms with E-state index >= 15 is 0 Å². The quantitative estimate of drug-likeness (QED) is 0.501. The molecule has 5 nitrogen and oxygen atoms in total. The third-order valence-corrected chi connectivity index (χ3v) is 1.94. The highest BCUT2D eigenvalue weighted by atomic mass is 16.5. The van der Waals surface area contributed by atoms with Crippen LogP contribution in [0.2, 0.25) is 0 Å². The molecule has 0 aromatic heterocycles. The first kappa shape index (κ1) is 13.4. The van der Waals surface area contributed by atoms with Crippen LogP contribution in [0.15, 0.2) is 0 Å². The Hall–Kier alpha value is -0.650. The molecule has 0 aliphatic rings. The topological polar surface area (TPSA) is 84.6 Å². The lowest BCUT2D eigenvalue weighted by atomic mass is 10.1. The minimum Gasteiger partial charge on any atom is -0.391 e. The van der Waals surface area contributed by atoms with Gasteiger partial charge in [-0.25, -0.2) is 0 Å². The van der Waals surface area contributed by atoms with Crippen molar-refractivity contribution in [2.45, 2.75) is 19.4 Å². The number of hydrogen-bond acceptors (Lipinski definition) is 4. The fourth-order valence-corrected chi connectivity index (χ4v) is 0.919. The largest absolute Gasteiger partial charge is 0.391 e. The molecule has 0 aliphatic heterocycles. The van der Waals surface area contributed by atoms with Crippen LogP contribution in [0.1, 0.15) is 13.3 Å². The highest BCUT2D eigenvalue weighted by Gasteiger charge is 2.10. The summed E-state index contributed by atoms with van der Waals surface area (Å²) in [7, 11) is 1.53. The molecule has 0 rings (SSSR count). The SMILES string of the molecule is COCC(O)CCNC(=O)C(C)CN. The first-order valence-electron chi connectivity index (χ1n) is 4.76. The van der Waals surface area contributed by atoms with Crippen LogP contribution >= 0.6 is 0 Å². The molecule has 2 atom stereocenters. The monoisotopic (exact) mass is 204 g/mol. The molecular formula is C9H20N2O3. The Bertz CT molecular complexity index is 164. The smallest absolute Gasteiger partial charge is 0.224 e. The molecule has 0 spiro atoms. The van der Waals surface area contributed by atoms with Gasteiger partial charge < -0.3 is 20.9 Å². The highest BCUT2D eigenvalue weighted by molar-refractivity contribution is 5.78. The molecule has 2 unspecified atom stereocenters. The number of carbonyl (C=O) groups is 1. The molecular weight excluding hydrogens is 184 g/mol. The maximum absolute atomic E-state index is 11.2. The molecule has 5 heteroatoms. The average Bonchev–Trinajstić information content (AvgIpc) is 2.16. The lowest BCUT2D eigenvalue weighted by Crippen LogP contribution is -2.35. The minimum atomic E-state index is -0.520. The number of rotatable bonds is 7. The van der Waals surface area contributed by atoms with Crippen molar-refractivity contribution in [3.05, 3.63) is 0 Å². The Labute approximate surface area is 84.6 Å². The van der Waals surface area contributed by atoms with Crippen molar-refractivity contribution in [2.24, 2.45) is 11.7 Å². The van der Waals surface area contributed by atoms with Crippen molar-refractivity contribution in [1.29, 1.82) is 0 Å². The molecule has 0 saturated carbocycles. The van der Waals surface area contributed by atoms with Gasteiger partial charge in [-0.15, -0.1) is 0 Å². The van der Waals surface area contributed by atoms with Gasteiger partial charge in [0.15, 0.2) is 0 Å². The number of hydrogen-bond donors (Lipinski definition) is 3. The van der Waals surface area contributed by atoms with Crippen LogP contribution in [-0.2, 0) is 9.53 Å². The third kappa shape index (κ3) is 5.90. The van der Waals surface area contributed by atoms with Crippen molar-refractivity contribution in [3.8, 4) is 0 Å². The summed E-state index contributed by atoms with van der Waals surface area (Å²) in [6.07, 6.45) is -0.0230. The molecule has 0 aliphatic carbocycles. The zero-order chi connectivity index (χ0) is 11.0. The zero-order valence-electron chi connectivity index (χ0n) is 8.82. The molecule has 4 N–H and O–H groups in total. The van der Waals surface area contributed by atoms with E-state index in [1.165, 1.54) is 7.11 Å². The minimum absolute atomic E-state index is 0.0721. The predicted octanol–water partition coefficient (Wildman–Crippen LogP) is -0.905. The summed E-state index contributed by atoms with van der Waals surface area (Å²) in [4.78, 5) is 11.2. The summed E-state index contributed by atoms with van der Waals surface area (Å²) in [6.45, 7) is 2.85. The van der Waals surface area contributed by atoms with Gasteiger partial charge in [-0.05, 0) is 6.42 Å². The van der Waals surface area contributed by atoms with E-state index in [0.29, 0.717) is 26.1 Å². The van der Waals surface area contributed by atoms with Gasteiger partial charge in [-0.2, -0.15) is 0 Å². The first-order valence-corrected chi connectivity index (χ1v) is 4.76. The van der Waals surface area contributed by atoms with Crippen LogP contribution in [0.3, 0.4) is 0 Å². The third-order valence-electron chi connectivity index (χ3n) is 1.94. The van der Waals surface area contributed by atoms with Crippen LogP contribution in [0.4, 0.5) is 0 Å². The van der Waals surface area contributed by atoms with E-state index in [-0.39, 0.29) is 11.8 Å². The van der Waals surface area contributed by atoms with Crippen LogP contribution in [-0.4, -0.2) is 43.9 Å². The number of ether oxygens (including phenoxy) is 1. The number of nitrogens with one attached hydrogen (secondary N) is 1. The molecule has 0 heterocycles. The molecule has 14 heavy (non-hydrogen) atoms. The summed E-state index contributed by atoms with van der Waals surface area (Å²) < 4.78 is 4.75. The molecule has 1 amide bonds. The molecule has 0 aromatic rings. The Morgan fingerprint density at radius 3 is 2.79 bits per heavy atom. The predicted molar refractivity (Wildman–Crippen MR) is 53.7 cm³/mol.